The van der Waals surface area contributed by atoms with Crippen LogP contribution in [0.5, 0.6) is 0 Å². The number of halogens is 1. The molecular formula is C13H14FN3O2. The Morgan fingerprint density at radius 2 is 1.84 bits per heavy atom. The van der Waals surface area contributed by atoms with Crippen molar-refractivity contribution in [2.45, 2.75) is 6.92 Å². The lowest BCUT2D eigenvalue weighted by atomic mass is 10.0. The second-order valence-corrected chi connectivity index (χ2v) is 4.77. The maximum Gasteiger partial charge on any atom is 0.276 e. The number of imide groups is 1. The Morgan fingerprint density at radius 1 is 1.16 bits per heavy atom. The van der Waals surface area contributed by atoms with Gasteiger partial charge in [-0.1, -0.05) is 0 Å². The first-order valence-corrected chi connectivity index (χ1v) is 6.24. The molecule has 0 saturated carbocycles. The van der Waals surface area contributed by atoms with Crippen LogP contribution in [0.25, 0.3) is 0 Å². The predicted molar refractivity (Wildman–Crippen MR) is 66.1 cm³/mol. The van der Waals surface area contributed by atoms with Gasteiger partial charge in [0.15, 0.2) is 0 Å². The quantitative estimate of drug-likeness (QED) is 0.752. The highest BCUT2D eigenvalue weighted by Gasteiger charge is 2.41. The Kier molecular flexibility index (Phi) is 2.83. The van der Waals surface area contributed by atoms with E-state index >= 15 is 0 Å². The van der Waals surface area contributed by atoms with Gasteiger partial charge in [0.2, 0.25) is 0 Å². The Bertz CT molecular complexity index is 567. The Labute approximate surface area is 110 Å². The molecule has 0 aromatic heterocycles. The summed E-state index contributed by atoms with van der Waals surface area (Å²) in [6.07, 6.45) is 0. The zero-order chi connectivity index (χ0) is 13.6. The fraction of sp³-hybridized carbons (Fsp3) is 0.385. The molecule has 0 spiro atoms. The molecule has 5 nitrogen and oxygen atoms in total. The number of nitrogens with zero attached hydrogens (tertiary/aromatic N) is 2. The minimum atomic E-state index is -0.487. The third-order valence-electron chi connectivity index (χ3n) is 3.51. The number of fused-ring (bicyclic) bond motifs is 1. The predicted octanol–water partition coefficient (Wildman–Crippen LogP) is 0.550. The molecule has 0 atom stereocenters. The molecule has 2 aliphatic heterocycles. The molecule has 1 fully saturated rings. The Morgan fingerprint density at radius 3 is 2.53 bits per heavy atom. The second-order valence-electron chi connectivity index (χ2n) is 4.77. The number of hydrogen-bond acceptors (Lipinski definition) is 4. The van der Waals surface area contributed by atoms with Crippen LogP contribution < -0.4 is 5.32 Å². The van der Waals surface area contributed by atoms with Crippen molar-refractivity contribution in [1.29, 1.82) is 0 Å². The van der Waals surface area contributed by atoms with Crippen LogP contribution in [-0.4, -0.2) is 48.0 Å². The van der Waals surface area contributed by atoms with Crippen molar-refractivity contribution in [2.75, 3.05) is 26.2 Å². The first kappa shape index (κ1) is 12.3. The molecule has 2 heterocycles. The second kappa shape index (κ2) is 4.40. The summed E-state index contributed by atoms with van der Waals surface area (Å²) >= 11 is 0. The molecular weight excluding hydrogens is 249 g/mol. The van der Waals surface area contributed by atoms with Crippen molar-refractivity contribution in [3.63, 3.8) is 0 Å². The maximum absolute atomic E-state index is 13.4. The molecule has 1 aromatic carbocycles. The monoisotopic (exact) mass is 263 g/mol. The van der Waals surface area contributed by atoms with E-state index < -0.39 is 11.7 Å². The van der Waals surface area contributed by atoms with Crippen molar-refractivity contribution in [1.82, 2.24) is 15.3 Å². The number of hydrazine groups is 1. The van der Waals surface area contributed by atoms with Crippen molar-refractivity contribution in [3.8, 4) is 0 Å². The van der Waals surface area contributed by atoms with E-state index in [4.69, 9.17) is 0 Å². The summed E-state index contributed by atoms with van der Waals surface area (Å²) in [4.78, 5) is 24.6. The summed E-state index contributed by atoms with van der Waals surface area (Å²) in [6, 6.07) is 2.43. The number of carbonyl (C=O) groups excluding carboxylic acids is 2. The van der Waals surface area contributed by atoms with Crippen LogP contribution in [0.4, 0.5) is 4.39 Å². The molecule has 0 aliphatic carbocycles. The molecule has 0 radical (unpaired) electrons. The number of aryl methyl sites for hydroxylation is 1. The van der Waals surface area contributed by atoms with Gasteiger partial charge in [-0.15, -0.1) is 0 Å². The van der Waals surface area contributed by atoms with Crippen LogP contribution in [0.1, 0.15) is 26.3 Å². The molecule has 3 rings (SSSR count). The Hall–Kier alpha value is -1.79. The van der Waals surface area contributed by atoms with Gasteiger partial charge >= 0.3 is 0 Å². The number of piperazine rings is 1. The SMILES string of the molecule is Cc1cc(F)cc2c1C(=O)N(N1CCNCC1)C2=O. The van der Waals surface area contributed by atoms with E-state index in [9.17, 15) is 14.0 Å². The third-order valence-corrected chi connectivity index (χ3v) is 3.51. The lowest BCUT2D eigenvalue weighted by molar-refractivity contribution is -0.00359. The van der Waals surface area contributed by atoms with Gasteiger partial charge in [-0.3, -0.25) is 9.59 Å². The van der Waals surface area contributed by atoms with E-state index in [0.29, 0.717) is 24.2 Å². The molecule has 0 unspecified atom stereocenters. The smallest absolute Gasteiger partial charge is 0.276 e. The summed E-state index contributed by atoms with van der Waals surface area (Å²) in [5.74, 6) is -1.26. The van der Waals surface area contributed by atoms with E-state index in [0.717, 1.165) is 24.2 Å². The summed E-state index contributed by atoms with van der Waals surface area (Å²) in [5.41, 5.74) is 0.997. The van der Waals surface area contributed by atoms with E-state index in [1.165, 1.54) is 6.07 Å². The van der Waals surface area contributed by atoms with Gasteiger partial charge in [0.25, 0.3) is 11.8 Å². The van der Waals surface area contributed by atoms with Crippen LogP contribution in [0, 0.1) is 12.7 Å². The number of rotatable bonds is 1. The minimum absolute atomic E-state index is 0.168. The Balaban J connectivity index is 2.01. The highest BCUT2D eigenvalue weighted by molar-refractivity contribution is 6.21. The van der Waals surface area contributed by atoms with Gasteiger partial charge in [-0.2, -0.15) is 0 Å². The fourth-order valence-electron chi connectivity index (χ4n) is 2.62. The molecule has 2 amide bonds. The van der Waals surface area contributed by atoms with Gasteiger partial charge in [-0.05, 0) is 24.6 Å². The lowest BCUT2D eigenvalue weighted by Gasteiger charge is -2.33. The van der Waals surface area contributed by atoms with E-state index in [2.05, 4.69) is 5.32 Å². The number of hydrogen-bond donors (Lipinski definition) is 1. The number of carbonyl (C=O) groups is 2. The van der Waals surface area contributed by atoms with E-state index in [1.807, 2.05) is 0 Å². The van der Waals surface area contributed by atoms with Crippen LogP contribution >= 0.6 is 0 Å². The summed E-state index contributed by atoms with van der Waals surface area (Å²) in [5, 5.41) is 6.03. The van der Waals surface area contributed by atoms with Crippen molar-refractivity contribution in [3.05, 3.63) is 34.6 Å². The molecule has 1 aromatic rings. The van der Waals surface area contributed by atoms with Crippen LogP contribution in [0.3, 0.4) is 0 Å². The van der Waals surface area contributed by atoms with Crippen LogP contribution in [0.2, 0.25) is 0 Å². The van der Waals surface area contributed by atoms with E-state index in [1.54, 1.807) is 11.9 Å². The van der Waals surface area contributed by atoms with Crippen molar-refractivity contribution >= 4 is 11.8 Å². The lowest BCUT2D eigenvalue weighted by Crippen LogP contribution is -2.54. The summed E-state index contributed by atoms with van der Waals surface area (Å²) in [6.45, 7) is 4.27. The molecule has 100 valence electrons. The van der Waals surface area contributed by atoms with Crippen LogP contribution in [-0.2, 0) is 0 Å². The zero-order valence-electron chi connectivity index (χ0n) is 10.6. The van der Waals surface area contributed by atoms with Crippen molar-refractivity contribution < 1.29 is 14.0 Å². The van der Waals surface area contributed by atoms with Gasteiger partial charge in [0.05, 0.1) is 11.1 Å². The average molecular weight is 263 g/mol. The topological polar surface area (TPSA) is 52.7 Å². The highest BCUT2D eigenvalue weighted by Crippen LogP contribution is 2.28. The highest BCUT2D eigenvalue weighted by atomic mass is 19.1. The standard InChI is InChI=1S/C13H14FN3O2/c1-8-6-9(14)7-10-11(8)13(19)17(12(10)18)16-4-2-15-3-5-16/h6-7,15H,2-5H2,1H3. The van der Waals surface area contributed by atoms with Gasteiger partial charge < -0.3 is 5.32 Å². The molecule has 0 bridgehead atoms. The first-order chi connectivity index (χ1) is 9.09. The molecule has 1 N–H and O–H groups in total. The van der Waals surface area contributed by atoms with Gasteiger partial charge in [0, 0.05) is 26.2 Å². The zero-order valence-corrected chi connectivity index (χ0v) is 10.6. The number of benzene rings is 1. The van der Waals surface area contributed by atoms with E-state index in [-0.39, 0.29) is 11.5 Å². The maximum atomic E-state index is 13.4. The van der Waals surface area contributed by atoms with Gasteiger partial charge in [0.1, 0.15) is 5.82 Å². The fourth-order valence-corrected chi connectivity index (χ4v) is 2.62. The summed E-state index contributed by atoms with van der Waals surface area (Å²) < 4.78 is 13.4. The molecule has 1 saturated heterocycles. The first-order valence-electron chi connectivity index (χ1n) is 6.24. The largest absolute Gasteiger partial charge is 0.314 e. The van der Waals surface area contributed by atoms with Crippen molar-refractivity contribution in [2.24, 2.45) is 0 Å². The third kappa shape index (κ3) is 1.84. The van der Waals surface area contributed by atoms with Crippen LogP contribution in [0.15, 0.2) is 12.1 Å². The average Bonchev–Trinajstić information content (AvgIpc) is 2.62. The molecule has 19 heavy (non-hydrogen) atoms. The molecule has 6 heteroatoms. The molecule has 2 aliphatic rings. The van der Waals surface area contributed by atoms with Gasteiger partial charge in [-0.25, -0.2) is 14.4 Å². The number of amides is 2. The number of nitrogens with one attached hydrogen (secondary N) is 1. The minimum Gasteiger partial charge on any atom is -0.314 e. The normalized spacial score (nSPS) is 20.0. The summed E-state index contributed by atoms with van der Waals surface area (Å²) in [7, 11) is 0.